The predicted molar refractivity (Wildman–Crippen MR) is 97.4 cm³/mol. The van der Waals surface area contributed by atoms with Gasteiger partial charge >= 0.3 is 29.8 Å². The topological polar surface area (TPSA) is 113 Å². The Bertz CT molecular complexity index is 891. The summed E-state index contributed by atoms with van der Waals surface area (Å²) in [7, 11) is 0. The van der Waals surface area contributed by atoms with Crippen LogP contribution in [0.2, 0.25) is 0 Å². The normalized spacial score (nSPS) is 9.64. The first-order valence-corrected chi connectivity index (χ1v) is 7.84. The minimum Gasteiger partial charge on any atom is -0.458 e. The molecule has 0 radical (unpaired) electrons. The van der Waals surface area contributed by atoms with Gasteiger partial charge in [-0.3, -0.25) is 0 Å². The van der Waals surface area contributed by atoms with Crippen molar-refractivity contribution in [1.82, 2.24) is 0 Å². The van der Waals surface area contributed by atoms with Crippen LogP contribution in [-0.2, 0) is 23.8 Å². The summed E-state index contributed by atoms with van der Waals surface area (Å²) in [6.07, 6.45) is 1.30. The van der Waals surface area contributed by atoms with E-state index < -0.39 is 29.8 Å². The Balaban J connectivity index is 3.29. The molecule has 8 heteroatoms. The van der Waals surface area contributed by atoms with Gasteiger partial charge in [0.2, 0.25) is 0 Å². The summed E-state index contributed by atoms with van der Waals surface area (Å²) in [6.45, 7) is 12.6. The fourth-order valence-corrected chi connectivity index (χ4v) is 1.69. The second kappa shape index (κ2) is 9.77. The fraction of sp³-hybridized carbons (Fsp3) is 0.150. The van der Waals surface area contributed by atoms with Crippen molar-refractivity contribution in [2.45, 2.75) is 13.8 Å². The number of carbonyl (C=O) groups excluding carboxylic acids is 5. The molecule has 0 bridgehead atoms. The van der Waals surface area contributed by atoms with Gasteiger partial charge in [-0.05, 0) is 32.0 Å². The van der Waals surface area contributed by atoms with E-state index in [1.165, 1.54) is 19.9 Å². The van der Waals surface area contributed by atoms with E-state index in [0.717, 1.165) is 18.2 Å². The molecule has 0 aliphatic heterocycles. The highest BCUT2D eigenvalue weighted by Gasteiger charge is 2.24. The molecule has 0 saturated heterocycles. The quantitative estimate of drug-likeness (QED) is 0.231. The van der Waals surface area contributed by atoms with Crippen molar-refractivity contribution in [3.05, 3.63) is 71.8 Å². The van der Waals surface area contributed by atoms with Crippen LogP contribution in [0.1, 0.15) is 44.9 Å². The van der Waals surface area contributed by atoms with Gasteiger partial charge in [0, 0.05) is 11.1 Å². The highest BCUT2D eigenvalue weighted by atomic mass is 16.6. The molecule has 1 rings (SSSR count). The standard InChI is InChI=1S/C20H18O8/c1-6-9-26-19(24)15-10-13(18(23)27-16(21)11(2)3)7-8-14(15)20(25)28-17(22)12(4)5/h6-8,10H,1-2,4,9H2,3,5H3. The van der Waals surface area contributed by atoms with Crippen LogP contribution in [0, 0.1) is 0 Å². The van der Waals surface area contributed by atoms with Crippen molar-refractivity contribution < 1.29 is 38.2 Å². The van der Waals surface area contributed by atoms with Gasteiger partial charge in [0.25, 0.3) is 0 Å². The molecule has 0 N–H and O–H groups in total. The second-order valence-electron chi connectivity index (χ2n) is 5.56. The van der Waals surface area contributed by atoms with Gasteiger partial charge in [0.1, 0.15) is 6.61 Å². The summed E-state index contributed by atoms with van der Waals surface area (Å²) in [5.74, 6) is -5.11. The maximum atomic E-state index is 12.2. The molecule has 0 spiro atoms. The highest BCUT2D eigenvalue weighted by Crippen LogP contribution is 2.17. The van der Waals surface area contributed by atoms with Crippen LogP contribution in [0.5, 0.6) is 0 Å². The molecular weight excluding hydrogens is 368 g/mol. The van der Waals surface area contributed by atoms with Crippen molar-refractivity contribution >= 4 is 29.8 Å². The van der Waals surface area contributed by atoms with Crippen LogP contribution >= 0.6 is 0 Å². The summed E-state index contributed by atoms with van der Waals surface area (Å²) in [5.41, 5.74) is -0.923. The number of ether oxygens (including phenoxy) is 3. The van der Waals surface area contributed by atoms with Crippen LogP contribution in [0.4, 0.5) is 0 Å². The van der Waals surface area contributed by atoms with Crippen LogP contribution in [0.3, 0.4) is 0 Å². The Kier molecular flexibility index (Phi) is 7.76. The molecule has 0 fully saturated rings. The van der Waals surface area contributed by atoms with Crippen molar-refractivity contribution in [2.24, 2.45) is 0 Å². The second-order valence-corrected chi connectivity index (χ2v) is 5.56. The molecule has 0 unspecified atom stereocenters. The average Bonchev–Trinajstić information content (AvgIpc) is 2.64. The van der Waals surface area contributed by atoms with Crippen molar-refractivity contribution in [1.29, 1.82) is 0 Å². The molecule has 8 nitrogen and oxygen atoms in total. The van der Waals surface area contributed by atoms with Crippen LogP contribution in [0.15, 0.2) is 55.2 Å². The largest absolute Gasteiger partial charge is 0.458 e. The summed E-state index contributed by atoms with van der Waals surface area (Å²) in [6, 6.07) is 3.18. The lowest BCUT2D eigenvalue weighted by atomic mass is 10.0. The van der Waals surface area contributed by atoms with E-state index in [2.05, 4.69) is 29.2 Å². The van der Waals surface area contributed by atoms with Crippen LogP contribution in [-0.4, -0.2) is 36.5 Å². The van der Waals surface area contributed by atoms with E-state index >= 15 is 0 Å². The number of rotatable bonds is 7. The highest BCUT2D eigenvalue weighted by molar-refractivity contribution is 6.09. The van der Waals surface area contributed by atoms with Gasteiger partial charge in [-0.25, -0.2) is 24.0 Å². The number of carbonyl (C=O) groups is 5. The van der Waals surface area contributed by atoms with Crippen LogP contribution < -0.4 is 0 Å². The Morgan fingerprint density at radius 1 is 0.857 bits per heavy atom. The zero-order valence-electron chi connectivity index (χ0n) is 15.4. The average molecular weight is 386 g/mol. The summed E-state index contributed by atoms with van der Waals surface area (Å²) in [4.78, 5) is 59.5. The van der Waals surface area contributed by atoms with E-state index in [0.29, 0.717) is 0 Å². The molecule has 0 aliphatic rings. The minimum absolute atomic E-state index is 0.00234. The first-order chi connectivity index (χ1) is 13.1. The fourth-order valence-electron chi connectivity index (χ4n) is 1.69. The maximum Gasteiger partial charge on any atom is 0.346 e. The molecule has 0 atom stereocenters. The van der Waals surface area contributed by atoms with E-state index in [9.17, 15) is 24.0 Å². The van der Waals surface area contributed by atoms with E-state index in [-0.39, 0.29) is 34.4 Å². The van der Waals surface area contributed by atoms with E-state index in [1.54, 1.807) is 0 Å². The first kappa shape index (κ1) is 22.2. The molecule has 0 amide bonds. The SMILES string of the molecule is C=CCOC(=O)c1cc(C(=O)OC(=O)C(=C)C)ccc1C(=O)OC(=O)C(=C)C. The third-order valence-corrected chi connectivity index (χ3v) is 3.10. The summed E-state index contributed by atoms with van der Waals surface area (Å²) in [5, 5.41) is 0. The van der Waals surface area contributed by atoms with Gasteiger partial charge in [0.15, 0.2) is 0 Å². The lowest BCUT2D eigenvalue weighted by Crippen LogP contribution is -2.19. The third-order valence-electron chi connectivity index (χ3n) is 3.10. The first-order valence-electron chi connectivity index (χ1n) is 7.84. The monoisotopic (exact) mass is 386 g/mol. The third kappa shape index (κ3) is 5.87. The number of hydrogen-bond acceptors (Lipinski definition) is 8. The smallest absolute Gasteiger partial charge is 0.346 e. The van der Waals surface area contributed by atoms with E-state index in [1.807, 2.05) is 0 Å². The molecule has 1 aromatic rings. The molecular formula is C20H18O8. The summed E-state index contributed by atoms with van der Waals surface area (Å²) >= 11 is 0. The lowest BCUT2D eigenvalue weighted by Gasteiger charge is -2.10. The molecule has 28 heavy (non-hydrogen) atoms. The Labute approximate surface area is 161 Å². The van der Waals surface area contributed by atoms with Gasteiger partial charge in [-0.15, -0.1) is 0 Å². The van der Waals surface area contributed by atoms with Crippen molar-refractivity contribution in [3.63, 3.8) is 0 Å². The number of benzene rings is 1. The lowest BCUT2D eigenvalue weighted by molar-refractivity contribution is -0.134. The maximum absolute atomic E-state index is 12.2. The van der Waals surface area contributed by atoms with E-state index in [4.69, 9.17) is 4.74 Å². The predicted octanol–water partition coefficient (Wildman–Crippen LogP) is 2.55. The van der Waals surface area contributed by atoms with Gasteiger partial charge in [-0.2, -0.15) is 0 Å². The molecule has 0 heterocycles. The van der Waals surface area contributed by atoms with Crippen molar-refractivity contribution in [2.75, 3.05) is 6.61 Å². The number of hydrogen-bond donors (Lipinski definition) is 0. The Hall–Kier alpha value is -3.81. The number of esters is 5. The molecule has 0 aliphatic carbocycles. The summed E-state index contributed by atoms with van der Waals surface area (Å²) < 4.78 is 14.1. The van der Waals surface area contributed by atoms with Crippen molar-refractivity contribution in [3.8, 4) is 0 Å². The van der Waals surface area contributed by atoms with Gasteiger partial charge in [0.05, 0.1) is 16.7 Å². The Morgan fingerprint density at radius 3 is 1.89 bits per heavy atom. The van der Waals surface area contributed by atoms with Gasteiger partial charge in [-0.1, -0.05) is 25.8 Å². The zero-order valence-corrected chi connectivity index (χ0v) is 15.4. The zero-order chi connectivity index (χ0) is 21.4. The molecule has 1 aromatic carbocycles. The molecule has 0 aromatic heterocycles. The molecule has 146 valence electrons. The van der Waals surface area contributed by atoms with Crippen LogP contribution in [0.25, 0.3) is 0 Å². The van der Waals surface area contributed by atoms with Gasteiger partial charge < -0.3 is 14.2 Å². The Morgan fingerprint density at radius 2 is 1.39 bits per heavy atom. The molecule has 0 saturated carbocycles. The minimum atomic E-state index is -1.14.